The van der Waals surface area contributed by atoms with E-state index >= 15 is 0 Å². The summed E-state index contributed by atoms with van der Waals surface area (Å²) in [4.78, 5) is 9.70. The molecule has 1 saturated heterocycles. The molecule has 0 aromatic rings. The smallest absolute Gasteiger partial charge is 0.359 e. The van der Waals surface area contributed by atoms with Crippen LogP contribution in [0.4, 0.5) is 4.39 Å². The summed E-state index contributed by atoms with van der Waals surface area (Å²) >= 11 is 0. The minimum absolute atomic E-state index is 0.323. The van der Waals surface area contributed by atoms with Gasteiger partial charge >= 0.3 is 7.60 Å². The fraction of sp³-hybridized carbons (Fsp3) is 1.00. The van der Waals surface area contributed by atoms with Gasteiger partial charge in [0.05, 0.1) is 12.2 Å². The molecule has 0 aliphatic carbocycles. The Labute approximate surface area is 124 Å². The van der Waals surface area contributed by atoms with E-state index in [9.17, 15) is 29.2 Å². The second-order valence-electron chi connectivity index (χ2n) is 6.01. The zero-order valence-electron chi connectivity index (χ0n) is 12.1. The van der Waals surface area contributed by atoms with Crippen LogP contribution >= 0.6 is 7.60 Å². The van der Waals surface area contributed by atoms with Crippen molar-refractivity contribution in [2.45, 2.75) is 62.5 Å². The number of halogens is 1. The van der Waals surface area contributed by atoms with E-state index in [1.165, 1.54) is 6.92 Å². The molecule has 0 spiro atoms. The van der Waals surface area contributed by atoms with Crippen molar-refractivity contribution in [2.75, 3.05) is 6.67 Å². The quantitative estimate of drug-likeness (QED) is 0.389. The minimum atomic E-state index is -4.54. The van der Waals surface area contributed by atoms with Gasteiger partial charge in [-0.3, -0.25) is 9.09 Å². The maximum atomic E-state index is 13.3. The molecule has 4 N–H and O–H groups in total. The SMILES string of the molecule is [B][C@@H]1O[C@H](CC(C)(CF)OP(=O)(O)C(C)(C)O)C(O)[C@@H]1O. The van der Waals surface area contributed by atoms with Gasteiger partial charge in [0.15, 0.2) is 5.34 Å². The lowest BCUT2D eigenvalue weighted by atomic mass is 9.91. The summed E-state index contributed by atoms with van der Waals surface area (Å²) in [6.07, 6.45) is -4.09. The van der Waals surface area contributed by atoms with Crippen LogP contribution in [0.25, 0.3) is 0 Å². The fourth-order valence-electron chi connectivity index (χ4n) is 1.90. The van der Waals surface area contributed by atoms with Gasteiger partial charge in [-0.2, -0.15) is 0 Å². The van der Waals surface area contributed by atoms with Gasteiger partial charge in [0, 0.05) is 12.4 Å². The van der Waals surface area contributed by atoms with Gasteiger partial charge in [0.1, 0.15) is 26.2 Å². The average Bonchev–Trinajstić information content (AvgIpc) is 2.55. The third kappa shape index (κ3) is 4.25. The Kier molecular flexibility index (Phi) is 5.65. The maximum absolute atomic E-state index is 13.3. The molecule has 1 fully saturated rings. The molecule has 1 aliphatic heterocycles. The van der Waals surface area contributed by atoms with Gasteiger partial charge in [-0.15, -0.1) is 0 Å². The number of aliphatic hydroxyl groups is 3. The number of hydrogen-bond donors (Lipinski definition) is 4. The van der Waals surface area contributed by atoms with Gasteiger partial charge < -0.3 is 24.9 Å². The lowest BCUT2D eigenvalue weighted by Crippen LogP contribution is -2.41. The van der Waals surface area contributed by atoms with Crippen molar-refractivity contribution < 1.29 is 38.4 Å². The Morgan fingerprint density at radius 2 is 1.86 bits per heavy atom. The molecule has 0 aromatic heterocycles. The lowest BCUT2D eigenvalue weighted by Gasteiger charge is -2.35. The van der Waals surface area contributed by atoms with E-state index in [0.717, 1.165) is 13.8 Å². The van der Waals surface area contributed by atoms with Gasteiger partial charge in [0.25, 0.3) is 0 Å². The van der Waals surface area contributed by atoms with Crippen molar-refractivity contribution in [1.29, 1.82) is 0 Å². The summed E-state index contributed by atoms with van der Waals surface area (Å²) in [5, 5.41) is 26.7. The Balaban J connectivity index is 2.85. The van der Waals surface area contributed by atoms with Crippen molar-refractivity contribution in [3.8, 4) is 0 Å². The number of ether oxygens (including phenoxy) is 1. The summed E-state index contributed by atoms with van der Waals surface area (Å²) in [6.45, 7) is 2.17. The van der Waals surface area contributed by atoms with Gasteiger partial charge in [-0.05, 0) is 20.8 Å². The zero-order chi connectivity index (χ0) is 16.6. The Morgan fingerprint density at radius 3 is 2.19 bits per heavy atom. The predicted molar refractivity (Wildman–Crippen MR) is 72.6 cm³/mol. The average molecular weight is 326 g/mol. The first-order valence-corrected chi connectivity index (χ1v) is 8.00. The highest BCUT2D eigenvalue weighted by atomic mass is 31.2. The summed E-state index contributed by atoms with van der Waals surface area (Å²) in [5.74, 6) is 0. The second kappa shape index (κ2) is 6.24. The predicted octanol–water partition coefficient (Wildman–Crippen LogP) is -0.350. The molecular formula is C11H21BFO7P. The molecule has 1 rings (SSSR count). The van der Waals surface area contributed by atoms with E-state index in [1.807, 2.05) is 0 Å². The number of hydrogen-bond acceptors (Lipinski definition) is 6. The van der Waals surface area contributed by atoms with Crippen LogP contribution in [-0.4, -0.2) is 70.0 Å². The van der Waals surface area contributed by atoms with E-state index in [2.05, 4.69) is 0 Å². The van der Waals surface area contributed by atoms with Crippen molar-refractivity contribution in [3.63, 3.8) is 0 Å². The van der Waals surface area contributed by atoms with Crippen LogP contribution in [0.1, 0.15) is 27.2 Å². The fourth-order valence-corrected chi connectivity index (χ4v) is 2.84. The second-order valence-corrected chi connectivity index (χ2v) is 8.33. The normalized spacial score (nSPS) is 36.2. The molecule has 10 heteroatoms. The molecule has 7 nitrogen and oxygen atoms in total. The van der Waals surface area contributed by atoms with Crippen molar-refractivity contribution in [3.05, 3.63) is 0 Å². The highest BCUT2D eigenvalue weighted by Gasteiger charge is 2.49. The summed E-state index contributed by atoms with van der Waals surface area (Å²) < 4.78 is 35.2. The molecule has 1 aliphatic rings. The zero-order valence-corrected chi connectivity index (χ0v) is 13.0. The van der Waals surface area contributed by atoms with Crippen LogP contribution in [0.2, 0.25) is 0 Å². The van der Waals surface area contributed by atoms with Gasteiger partial charge in [-0.1, -0.05) is 0 Å². The monoisotopic (exact) mass is 326 g/mol. The first-order chi connectivity index (χ1) is 9.33. The molecule has 122 valence electrons. The molecule has 0 saturated carbocycles. The van der Waals surface area contributed by atoms with E-state index in [4.69, 9.17) is 17.1 Å². The summed E-state index contributed by atoms with van der Waals surface area (Å²) in [6, 6.07) is -1.14. The van der Waals surface area contributed by atoms with Crippen molar-refractivity contribution in [1.82, 2.24) is 0 Å². The Morgan fingerprint density at radius 1 is 1.33 bits per heavy atom. The molecule has 21 heavy (non-hydrogen) atoms. The highest BCUT2D eigenvalue weighted by molar-refractivity contribution is 7.54. The molecule has 1 heterocycles. The molecular weight excluding hydrogens is 305 g/mol. The first kappa shape index (κ1) is 19.0. The molecule has 3 unspecified atom stereocenters. The largest absolute Gasteiger partial charge is 0.388 e. The Bertz CT molecular complexity index is 418. The third-order valence-corrected chi connectivity index (χ3v) is 5.42. The summed E-state index contributed by atoms with van der Waals surface area (Å²) in [7, 11) is 0.868. The molecule has 2 radical (unpaired) electrons. The van der Waals surface area contributed by atoms with E-state index in [-0.39, 0.29) is 6.42 Å². The van der Waals surface area contributed by atoms with Crippen LogP contribution in [-0.2, 0) is 13.8 Å². The molecule has 0 amide bonds. The number of rotatable bonds is 6. The molecule has 6 atom stereocenters. The van der Waals surface area contributed by atoms with Crippen molar-refractivity contribution in [2.24, 2.45) is 0 Å². The maximum Gasteiger partial charge on any atom is 0.359 e. The topological polar surface area (TPSA) is 116 Å². The van der Waals surface area contributed by atoms with E-state index in [0.29, 0.717) is 0 Å². The lowest BCUT2D eigenvalue weighted by molar-refractivity contribution is -0.0503. The molecule has 0 bridgehead atoms. The van der Waals surface area contributed by atoms with Crippen LogP contribution < -0.4 is 0 Å². The first-order valence-electron chi connectivity index (χ1n) is 6.42. The number of aliphatic hydroxyl groups excluding tert-OH is 2. The van der Waals surface area contributed by atoms with Crippen LogP contribution in [0, 0.1) is 0 Å². The molecule has 0 aromatic carbocycles. The van der Waals surface area contributed by atoms with Gasteiger partial charge in [0.2, 0.25) is 0 Å². The summed E-state index contributed by atoms with van der Waals surface area (Å²) in [5.41, 5.74) is -1.79. The third-order valence-electron chi connectivity index (χ3n) is 3.35. The van der Waals surface area contributed by atoms with Crippen molar-refractivity contribution >= 4 is 15.4 Å². The van der Waals surface area contributed by atoms with Crippen LogP contribution in [0.3, 0.4) is 0 Å². The standard InChI is InChI=1S/C11H21BFO7P/c1-10(2,16)21(17,18)20-11(3,5-13)4-6-7(14)8(15)9(12)19-6/h6-9,14-16H,4-5H2,1-3H3,(H,17,18)/t6-,7?,8+,9-,11?/m1/s1. The van der Waals surface area contributed by atoms with Gasteiger partial charge in [-0.25, -0.2) is 4.39 Å². The minimum Gasteiger partial charge on any atom is -0.388 e. The van der Waals surface area contributed by atoms with E-state index < -0.39 is 49.5 Å². The van der Waals surface area contributed by atoms with Crippen LogP contribution in [0.15, 0.2) is 0 Å². The number of alkyl halides is 1. The van der Waals surface area contributed by atoms with E-state index in [1.54, 1.807) is 0 Å². The van der Waals surface area contributed by atoms with Crippen LogP contribution in [0.5, 0.6) is 0 Å². The highest BCUT2D eigenvalue weighted by Crippen LogP contribution is 2.57. The Hall–Kier alpha value is -0.0151.